The van der Waals surface area contributed by atoms with Crippen LogP contribution in [0.2, 0.25) is 10.0 Å². The molecule has 0 bridgehead atoms. The number of carbonyl (C=O) groups excluding carboxylic acids is 1. The number of rotatable bonds is 9. The summed E-state index contributed by atoms with van der Waals surface area (Å²) in [4.78, 5) is 25.8. The number of nitrogens with one attached hydrogen (secondary N) is 1. The van der Waals surface area contributed by atoms with Crippen molar-refractivity contribution in [1.82, 2.24) is 10.3 Å². The van der Waals surface area contributed by atoms with E-state index in [0.717, 1.165) is 12.1 Å². The number of alkyl halides is 3. The number of hydrogen-bond acceptors (Lipinski definition) is 6. The summed E-state index contributed by atoms with van der Waals surface area (Å²) in [7, 11) is 0. The third-order valence-corrected chi connectivity index (χ3v) is 5.09. The van der Waals surface area contributed by atoms with E-state index in [2.05, 4.69) is 10.3 Å². The van der Waals surface area contributed by atoms with Gasteiger partial charge in [0.15, 0.2) is 0 Å². The van der Waals surface area contributed by atoms with E-state index in [1.165, 1.54) is 23.9 Å². The molecule has 0 saturated heterocycles. The van der Waals surface area contributed by atoms with Gasteiger partial charge in [0.1, 0.15) is 5.02 Å². The Labute approximate surface area is 183 Å². The second-order valence-electron chi connectivity index (χ2n) is 5.65. The summed E-state index contributed by atoms with van der Waals surface area (Å²) in [5.41, 5.74) is -1.21. The molecule has 1 aromatic carbocycles. The Bertz CT molecular complexity index is 932. The second kappa shape index (κ2) is 10.7. The van der Waals surface area contributed by atoms with Gasteiger partial charge in [-0.25, -0.2) is 4.98 Å². The van der Waals surface area contributed by atoms with Crippen LogP contribution in [0.4, 0.5) is 18.9 Å². The van der Waals surface area contributed by atoms with E-state index in [9.17, 15) is 28.1 Å². The van der Waals surface area contributed by atoms with Crippen LogP contribution in [0.3, 0.4) is 0 Å². The lowest BCUT2D eigenvalue weighted by Gasteiger charge is -2.10. The summed E-state index contributed by atoms with van der Waals surface area (Å²) in [6.45, 7) is 0.412. The molecule has 0 aliphatic heterocycles. The van der Waals surface area contributed by atoms with E-state index in [0.29, 0.717) is 17.7 Å². The van der Waals surface area contributed by atoms with Crippen molar-refractivity contribution >= 4 is 46.6 Å². The van der Waals surface area contributed by atoms with Crippen LogP contribution in [0.1, 0.15) is 15.9 Å². The normalized spacial score (nSPS) is 11.2. The van der Waals surface area contributed by atoms with Crippen molar-refractivity contribution < 1.29 is 27.6 Å². The first-order valence-corrected chi connectivity index (χ1v) is 10.2. The zero-order valence-electron chi connectivity index (χ0n) is 15.0. The molecule has 1 amide bonds. The van der Waals surface area contributed by atoms with Crippen molar-refractivity contribution in [3.8, 4) is 5.88 Å². The highest BCUT2D eigenvalue weighted by Gasteiger charge is 2.31. The Kier molecular flexibility index (Phi) is 8.56. The smallest absolute Gasteiger partial charge is 0.417 e. The van der Waals surface area contributed by atoms with Gasteiger partial charge in [-0.2, -0.15) is 24.9 Å². The van der Waals surface area contributed by atoms with E-state index in [4.69, 9.17) is 27.9 Å². The van der Waals surface area contributed by atoms with Gasteiger partial charge in [-0.15, -0.1) is 0 Å². The van der Waals surface area contributed by atoms with Crippen molar-refractivity contribution in [2.75, 3.05) is 24.7 Å². The predicted molar refractivity (Wildman–Crippen MR) is 108 cm³/mol. The third-order valence-electron chi connectivity index (χ3n) is 3.54. The van der Waals surface area contributed by atoms with Gasteiger partial charge in [-0.1, -0.05) is 23.2 Å². The topological polar surface area (TPSA) is 94.4 Å². The van der Waals surface area contributed by atoms with Crippen molar-refractivity contribution in [3.63, 3.8) is 0 Å². The molecule has 0 unspecified atom stereocenters. The van der Waals surface area contributed by atoms with Crippen LogP contribution in [0, 0.1) is 10.1 Å². The first kappa shape index (κ1) is 24.0. The Morgan fingerprint density at radius 3 is 2.60 bits per heavy atom. The Hall–Kier alpha value is -2.24. The number of amides is 1. The summed E-state index contributed by atoms with van der Waals surface area (Å²) in [6, 6.07) is 4.32. The highest BCUT2D eigenvalue weighted by atomic mass is 35.5. The van der Waals surface area contributed by atoms with Crippen LogP contribution in [-0.4, -0.2) is 40.5 Å². The van der Waals surface area contributed by atoms with Crippen molar-refractivity contribution in [2.24, 2.45) is 0 Å². The van der Waals surface area contributed by atoms with E-state index in [1.54, 1.807) is 0 Å². The number of benzene rings is 1. The summed E-state index contributed by atoms with van der Waals surface area (Å²) < 4.78 is 42.9. The Morgan fingerprint density at radius 1 is 1.23 bits per heavy atom. The van der Waals surface area contributed by atoms with Crippen LogP contribution < -0.4 is 10.1 Å². The number of aromatic nitrogens is 1. The largest absolute Gasteiger partial charge is 0.476 e. The maximum absolute atomic E-state index is 12.6. The van der Waals surface area contributed by atoms with Crippen molar-refractivity contribution in [1.29, 1.82) is 0 Å². The SMILES string of the molecule is O=C(NCCSCCOc1ncc(C(F)(F)F)cc1Cl)c1cc([N+](=O)[O-])ccc1Cl. The van der Waals surface area contributed by atoms with E-state index >= 15 is 0 Å². The van der Waals surface area contributed by atoms with Gasteiger partial charge < -0.3 is 10.1 Å². The highest BCUT2D eigenvalue weighted by molar-refractivity contribution is 7.99. The van der Waals surface area contributed by atoms with Gasteiger partial charge >= 0.3 is 6.18 Å². The number of ether oxygens (including phenoxy) is 1. The molecule has 1 aromatic heterocycles. The zero-order chi connectivity index (χ0) is 22.3. The molecule has 162 valence electrons. The average molecular weight is 484 g/mol. The number of halogens is 5. The first-order valence-electron chi connectivity index (χ1n) is 8.25. The number of nitro groups is 1. The second-order valence-corrected chi connectivity index (χ2v) is 7.69. The molecule has 2 aromatic rings. The molecule has 1 N–H and O–H groups in total. The van der Waals surface area contributed by atoms with Crippen LogP contribution in [0.5, 0.6) is 5.88 Å². The van der Waals surface area contributed by atoms with Crippen LogP contribution in [-0.2, 0) is 6.18 Å². The number of nitro benzene ring substituents is 1. The molecule has 0 saturated carbocycles. The number of nitrogens with zero attached hydrogens (tertiary/aromatic N) is 2. The van der Waals surface area contributed by atoms with E-state index < -0.39 is 22.6 Å². The molecule has 0 fully saturated rings. The first-order chi connectivity index (χ1) is 14.1. The number of hydrogen-bond donors (Lipinski definition) is 1. The summed E-state index contributed by atoms with van der Waals surface area (Å²) in [5, 5.41) is 13.2. The average Bonchev–Trinajstić information content (AvgIpc) is 2.67. The third kappa shape index (κ3) is 6.92. The number of pyridine rings is 1. The van der Waals surface area contributed by atoms with Gasteiger partial charge in [0.05, 0.1) is 27.7 Å². The Balaban J connectivity index is 1.71. The van der Waals surface area contributed by atoms with E-state index in [1.807, 2.05) is 0 Å². The van der Waals surface area contributed by atoms with Crippen LogP contribution in [0.15, 0.2) is 30.5 Å². The van der Waals surface area contributed by atoms with Crippen molar-refractivity contribution in [2.45, 2.75) is 6.18 Å². The predicted octanol–water partition coefficient (Wildman–Crippen LogP) is 4.86. The van der Waals surface area contributed by atoms with Crippen LogP contribution >= 0.6 is 35.0 Å². The lowest BCUT2D eigenvalue weighted by molar-refractivity contribution is -0.384. The summed E-state index contributed by atoms with van der Waals surface area (Å²) >= 11 is 13.0. The van der Waals surface area contributed by atoms with Gasteiger partial charge in [-0.3, -0.25) is 14.9 Å². The molecular formula is C17H14Cl2F3N3O4S. The van der Waals surface area contributed by atoms with Gasteiger partial charge in [0, 0.05) is 36.4 Å². The van der Waals surface area contributed by atoms with Gasteiger partial charge in [-0.05, 0) is 12.1 Å². The standard InChI is InChI=1S/C17H14Cl2F3N3O4S/c18-13-2-1-11(25(27)28)8-12(13)15(26)23-3-5-30-6-4-29-16-14(19)7-10(9-24-16)17(20,21)22/h1-2,7-9H,3-6H2,(H,23,26). The summed E-state index contributed by atoms with van der Waals surface area (Å²) in [5.74, 6) is 0.322. The summed E-state index contributed by atoms with van der Waals surface area (Å²) in [6.07, 6.45) is -3.90. The fraction of sp³-hybridized carbons (Fsp3) is 0.294. The lowest BCUT2D eigenvalue weighted by atomic mass is 10.2. The molecule has 7 nitrogen and oxygen atoms in total. The van der Waals surface area contributed by atoms with Crippen LogP contribution in [0.25, 0.3) is 0 Å². The molecule has 0 radical (unpaired) electrons. The quantitative estimate of drug-likeness (QED) is 0.311. The monoisotopic (exact) mass is 483 g/mol. The van der Waals surface area contributed by atoms with Gasteiger partial charge in [0.25, 0.3) is 11.6 Å². The minimum absolute atomic E-state index is 0.00206. The minimum Gasteiger partial charge on any atom is -0.476 e. The molecule has 1 heterocycles. The molecular weight excluding hydrogens is 470 g/mol. The number of carbonyl (C=O) groups is 1. The maximum atomic E-state index is 12.6. The minimum atomic E-state index is -4.54. The Morgan fingerprint density at radius 2 is 1.97 bits per heavy atom. The van der Waals surface area contributed by atoms with Crippen molar-refractivity contribution in [3.05, 3.63) is 61.7 Å². The maximum Gasteiger partial charge on any atom is 0.417 e. The highest BCUT2D eigenvalue weighted by Crippen LogP contribution is 2.33. The van der Waals surface area contributed by atoms with E-state index in [-0.39, 0.29) is 40.3 Å². The van der Waals surface area contributed by atoms with Gasteiger partial charge in [0.2, 0.25) is 5.88 Å². The molecule has 0 spiro atoms. The lowest BCUT2D eigenvalue weighted by Crippen LogP contribution is -2.26. The molecule has 0 aliphatic rings. The number of thioether (sulfide) groups is 1. The zero-order valence-corrected chi connectivity index (χ0v) is 17.4. The molecule has 13 heteroatoms. The molecule has 2 rings (SSSR count). The number of non-ortho nitro benzene ring substituents is 1. The fourth-order valence-corrected chi connectivity index (χ4v) is 3.19. The fourth-order valence-electron chi connectivity index (χ4n) is 2.12. The molecule has 0 atom stereocenters. The molecule has 30 heavy (non-hydrogen) atoms. The molecule has 0 aliphatic carbocycles.